The highest BCUT2D eigenvalue weighted by Crippen LogP contribution is 2.21. The van der Waals surface area contributed by atoms with Gasteiger partial charge in [-0.05, 0) is 194 Å². The maximum Gasteiger partial charge on any atom is 0.422 e. The zero-order valence-corrected chi connectivity index (χ0v) is 85.8. The van der Waals surface area contributed by atoms with E-state index in [2.05, 4.69) is 140 Å². The Kier molecular flexibility index (Phi) is 66.2. The van der Waals surface area contributed by atoms with E-state index in [-0.39, 0.29) is 18.6 Å². The lowest BCUT2D eigenvalue weighted by molar-refractivity contribution is -0.154. The van der Waals surface area contributed by atoms with Gasteiger partial charge >= 0.3 is 6.18 Å². The van der Waals surface area contributed by atoms with Crippen molar-refractivity contribution in [3.63, 3.8) is 0 Å². The molecule has 14 aromatic heterocycles. The summed E-state index contributed by atoms with van der Waals surface area (Å²) in [5.41, 5.74) is 0.465. The first kappa shape index (κ1) is 121. The highest BCUT2D eigenvalue weighted by Gasteiger charge is 2.28. The molecular formula is C110H140ClF3N22O11. The molecule has 33 nitrogen and oxygen atoms in total. The van der Waals surface area contributed by atoms with Gasteiger partial charge in [0.05, 0.1) is 52.9 Å². The molecule has 0 amide bonds. The largest absolute Gasteiger partial charge is 0.481 e. The summed E-state index contributed by atoms with van der Waals surface area (Å²) in [6.45, 7) is 23.8. The number of piperazine rings is 1. The van der Waals surface area contributed by atoms with E-state index in [9.17, 15) is 13.2 Å². The minimum Gasteiger partial charge on any atom is -0.481 e. The van der Waals surface area contributed by atoms with Gasteiger partial charge in [-0.15, -0.1) is 0 Å². The minimum atomic E-state index is -4.31. The quantitative estimate of drug-likeness (QED) is 0.0434. The number of pyridine rings is 14. The van der Waals surface area contributed by atoms with E-state index in [1.165, 1.54) is 70.5 Å². The first-order valence-corrected chi connectivity index (χ1v) is 48.8. The van der Waals surface area contributed by atoms with Gasteiger partial charge in [0.15, 0.2) is 6.61 Å². The van der Waals surface area contributed by atoms with Crippen LogP contribution in [0, 0.1) is 11.3 Å². The molecule has 147 heavy (non-hydrogen) atoms. The maximum absolute atomic E-state index is 11.6. The van der Waals surface area contributed by atoms with E-state index < -0.39 is 12.8 Å². The van der Waals surface area contributed by atoms with Crippen molar-refractivity contribution >= 4 is 34.9 Å². The molecule has 0 aliphatic carbocycles. The highest BCUT2D eigenvalue weighted by atomic mass is 35.5. The van der Waals surface area contributed by atoms with Gasteiger partial charge in [0, 0.05) is 234 Å². The van der Waals surface area contributed by atoms with Gasteiger partial charge in [-0.2, -0.15) is 18.4 Å². The summed E-state index contributed by atoms with van der Waals surface area (Å²) in [6.07, 6.45) is 28.3. The van der Waals surface area contributed by atoms with Gasteiger partial charge < -0.3 is 81.9 Å². The monoisotopic (exact) mass is 2040 g/mol. The Bertz CT molecular complexity index is 5270. The fraction of sp³-hybridized carbons (Fsp3) is 0.355. The van der Waals surface area contributed by atoms with Crippen LogP contribution in [0.25, 0.3) is 0 Å². The molecule has 0 bridgehead atoms. The molecule has 0 aromatic carbocycles. The number of hydrogen-bond donors (Lipinski definition) is 1. The number of methoxy groups -OCH3 is 2. The highest BCUT2D eigenvalue weighted by molar-refractivity contribution is 6.29. The van der Waals surface area contributed by atoms with Gasteiger partial charge in [0.25, 0.3) is 0 Å². The van der Waals surface area contributed by atoms with Crippen LogP contribution in [0.5, 0.6) is 41.2 Å². The Labute approximate surface area is 868 Å². The standard InChI is InChI=1S/C11H16N2O2.C10H15N3.C10H14N2.C9H12N2O.C9H14N2O.C9H12N2.C8H11NO2.C8H11NO.C7H6F3NO.C7H9NO2.C6H4N2.C6H7NO.C5H4ClN.C5H5N/c1-2-4-12-11(3-1)15-10-7-13-5-8-14-9-6-13;1-12-6-8-13(9-7-12)10-4-2-3-5-11-10;1-4-8-12(9-5-1)10-6-2-3-7-11-10;1-2-4-10-9(3-1)11-5-7-12-8-6-11;1-11(2)7-8-12-9-5-3-4-6-10-9;1-2-6-10-9(5-1)11-7-3-4-8-11;1-10-6-7-11-8-4-2-3-5-9-8;1-7(2)10-8-5-3-4-6-9-8;8-7(9,10)5-12-6-3-1-2-4-11-6;9-5-6-10-7-3-1-2-4-8-7;7-5-6-3-1-2-4-8-6;1-8-6-4-2-3-5-7-6;6-5-3-1-2-4-7-5;1-2-4-6-5-3-1/h1-4H,5-10H2;2-5H,6-9H2,1H3;2-3,6-7H,1,4-5,8-9H2;1-4H,5-8H2;3-6H,7-8H2,1-2H3;1-2,5-6H,3-4,7-8H2;2-5H,6-7H2,1H3;3-7H,1-2H3;1-4H,5H2;1-4,9H,5-6H2;1-4H;2-5H,1H3;1-4H;1-5H. The molecule has 784 valence electrons. The van der Waals surface area contributed by atoms with Crippen LogP contribution in [0.15, 0.2) is 348 Å². The molecule has 1 N–H and O–H groups in total. The number of nitriles is 1. The second kappa shape index (κ2) is 80.5. The summed E-state index contributed by atoms with van der Waals surface area (Å²) < 4.78 is 85.6. The third-order valence-corrected chi connectivity index (χ3v) is 19.9. The average molecular weight is 2040 g/mol. The molecule has 14 aromatic rings. The van der Waals surface area contributed by atoms with Crippen LogP contribution in [0.4, 0.5) is 36.4 Å². The smallest absolute Gasteiger partial charge is 0.422 e. The second-order valence-electron chi connectivity index (χ2n) is 31.7. The van der Waals surface area contributed by atoms with Crippen LogP contribution in [0.3, 0.4) is 0 Å². The number of aliphatic hydroxyl groups is 1. The van der Waals surface area contributed by atoms with Gasteiger partial charge in [0.2, 0.25) is 41.2 Å². The third-order valence-electron chi connectivity index (χ3n) is 19.7. The zero-order chi connectivity index (χ0) is 105. The van der Waals surface area contributed by atoms with Crippen molar-refractivity contribution in [2.75, 3.05) is 219 Å². The summed E-state index contributed by atoms with van der Waals surface area (Å²) >= 11 is 5.43. The van der Waals surface area contributed by atoms with E-state index in [0.717, 1.165) is 115 Å². The van der Waals surface area contributed by atoms with Gasteiger partial charge in [-0.3, -0.25) is 9.88 Å². The lowest BCUT2D eigenvalue weighted by Gasteiger charge is -2.33. The Hall–Kier alpha value is -14.8. The molecule has 5 fully saturated rings. The van der Waals surface area contributed by atoms with Crippen LogP contribution in [0.1, 0.15) is 51.6 Å². The predicted octanol–water partition coefficient (Wildman–Crippen LogP) is 17.6. The minimum absolute atomic E-state index is 0.0187. The fourth-order valence-corrected chi connectivity index (χ4v) is 12.5. The lowest BCUT2D eigenvalue weighted by atomic mass is 10.1. The molecule has 0 saturated carbocycles. The van der Waals surface area contributed by atoms with Crippen LogP contribution in [-0.4, -0.2) is 302 Å². The van der Waals surface area contributed by atoms with E-state index in [1.54, 1.807) is 125 Å². The van der Waals surface area contributed by atoms with E-state index in [1.807, 2.05) is 235 Å². The summed E-state index contributed by atoms with van der Waals surface area (Å²) in [4.78, 5) is 71.9. The number of likely N-dealkylation sites (N-methyl/N-ethyl adjacent to an activating group) is 2. The summed E-state index contributed by atoms with van der Waals surface area (Å²) in [5.74, 6) is 8.35. The summed E-state index contributed by atoms with van der Waals surface area (Å²) in [5, 5.41) is 17.1. The normalized spacial score (nSPS) is 13.1. The van der Waals surface area contributed by atoms with Crippen molar-refractivity contribution in [1.82, 2.24) is 84.5 Å². The Morgan fingerprint density at radius 1 is 0.367 bits per heavy atom. The first-order valence-electron chi connectivity index (χ1n) is 48.5. The molecule has 19 heterocycles. The molecule has 5 aliphatic rings. The molecule has 0 unspecified atom stereocenters. The number of aliphatic hydroxyl groups excluding tert-OH is 1. The first-order chi connectivity index (χ1) is 72.0. The number of morpholine rings is 2. The van der Waals surface area contributed by atoms with Crippen LogP contribution in [-0.2, 0) is 14.2 Å². The van der Waals surface area contributed by atoms with Crippen molar-refractivity contribution in [3.05, 3.63) is 359 Å². The van der Waals surface area contributed by atoms with Crippen molar-refractivity contribution < 1.29 is 65.6 Å². The average Bonchev–Trinajstić information content (AvgIpc) is 0.905. The number of hydrogen-bond acceptors (Lipinski definition) is 33. The number of nitrogens with zero attached hydrogens (tertiary/aromatic N) is 22. The Morgan fingerprint density at radius 3 is 1.01 bits per heavy atom. The number of aromatic nitrogens is 14. The zero-order valence-electron chi connectivity index (χ0n) is 85.1. The van der Waals surface area contributed by atoms with Crippen molar-refractivity contribution in [2.45, 2.75) is 58.2 Å². The van der Waals surface area contributed by atoms with E-state index >= 15 is 0 Å². The Balaban J connectivity index is 0.000000243. The van der Waals surface area contributed by atoms with Crippen molar-refractivity contribution in [1.29, 1.82) is 5.26 Å². The third kappa shape index (κ3) is 62.5. The fourth-order valence-electron chi connectivity index (χ4n) is 12.4. The number of rotatable bonds is 24. The molecule has 5 saturated heterocycles. The number of piperidine rings is 1. The van der Waals surface area contributed by atoms with Crippen LogP contribution >= 0.6 is 11.6 Å². The number of alkyl halides is 3. The molecular weight excluding hydrogens is 1900 g/mol. The molecule has 0 spiro atoms. The van der Waals surface area contributed by atoms with E-state index in [4.69, 9.17) is 64.6 Å². The number of halogens is 4. The molecule has 5 aliphatic heterocycles. The van der Waals surface area contributed by atoms with Gasteiger partial charge in [0.1, 0.15) is 66.6 Å². The van der Waals surface area contributed by atoms with E-state index in [0.29, 0.717) is 79.2 Å². The number of ether oxygens (including phenoxy) is 10. The SMILES string of the molecule is CC(C)Oc1ccccn1.CN(C)CCOc1ccccn1.CN1CCN(c2ccccn2)CC1.COCCOc1ccccn1.COc1ccccn1.Clc1ccccn1.FC(F)(F)COc1ccccn1.N#Cc1ccccn1.OCCOc1ccccn1.c1ccc(N2CCCC2)nc1.c1ccc(N2CCCCC2)nc1.c1ccc(N2CCOCC2)nc1.c1ccc(OCCN2CCOCC2)nc1.c1ccncc1. The van der Waals surface area contributed by atoms with Gasteiger partial charge in [-0.1, -0.05) is 96.5 Å². The van der Waals surface area contributed by atoms with Gasteiger partial charge in [-0.25, -0.2) is 64.8 Å². The van der Waals surface area contributed by atoms with Crippen molar-refractivity contribution in [3.8, 4) is 47.2 Å². The Morgan fingerprint density at radius 2 is 0.707 bits per heavy atom. The molecule has 19 rings (SSSR count). The molecule has 0 atom stereocenters. The van der Waals surface area contributed by atoms with Crippen LogP contribution < -0.4 is 52.8 Å². The summed E-state index contributed by atoms with van der Waals surface area (Å²) in [6, 6.07) is 80.4. The molecule has 0 radical (unpaired) electrons. The topological polar surface area (TPSA) is 339 Å². The maximum atomic E-state index is 11.6. The summed E-state index contributed by atoms with van der Waals surface area (Å²) in [7, 11) is 9.43. The predicted molar refractivity (Wildman–Crippen MR) is 570 cm³/mol. The molecule has 37 heteroatoms. The van der Waals surface area contributed by atoms with Crippen molar-refractivity contribution in [2.24, 2.45) is 0 Å². The lowest BCUT2D eigenvalue weighted by Crippen LogP contribution is -2.44. The second-order valence-corrected chi connectivity index (χ2v) is 32.1. The van der Waals surface area contributed by atoms with Crippen LogP contribution in [0.2, 0.25) is 5.15 Å². The number of anilines is 4.